The Labute approximate surface area is 93.3 Å². The third-order valence-corrected chi connectivity index (χ3v) is 2.31. The lowest BCUT2D eigenvalue weighted by molar-refractivity contribution is 0.171. The summed E-state index contributed by atoms with van der Waals surface area (Å²) in [4.78, 5) is 11.1. The molecule has 16 heavy (non-hydrogen) atoms. The molecule has 1 heterocycles. The molecule has 1 aliphatic rings. The van der Waals surface area contributed by atoms with Crippen LogP contribution in [0, 0.1) is 6.92 Å². The number of ether oxygens (including phenoxy) is 3. The Balaban J connectivity index is 2.28. The Hall–Kier alpha value is -1.91. The standard InChI is InChI=1S/C11H13NO4/c1-7-5-9-10(16-4-3-15-9)6-8(7)12-11(13)14-2/h5-6H,3-4H2,1-2H3,(H,12,13). The molecule has 0 saturated heterocycles. The number of rotatable bonds is 1. The molecule has 0 spiro atoms. The highest BCUT2D eigenvalue weighted by Crippen LogP contribution is 2.35. The zero-order valence-electron chi connectivity index (χ0n) is 9.20. The van der Waals surface area contributed by atoms with Crippen molar-refractivity contribution in [1.29, 1.82) is 0 Å². The van der Waals surface area contributed by atoms with Crippen LogP contribution in [0.3, 0.4) is 0 Å². The molecular weight excluding hydrogens is 210 g/mol. The first-order valence-corrected chi connectivity index (χ1v) is 4.96. The maximum atomic E-state index is 11.1. The van der Waals surface area contributed by atoms with Crippen LogP contribution in [0.15, 0.2) is 12.1 Å². The van der Waals surface area contributed by atoms with Gasteiger partial charge in [-0.3, -0.25) is 5.32 Å². The first kappa shape index (κ1) is 10.6. The zero-order valence-corrected chi connectivity index (χ0v) is 9.20. The number of aryl methyl sites for hydroxylation is 1. The summed E-state index contributed by atoms with van der Waals surface area (Å²) in [5, 5.41) is 2.61. The van der Waals surface area contributed by atoms with Crippen LogP contribution in [-0.4, -0.2) is 26.4 Å². The zero-order chi connectivity index (χ0) is 11.5. The van der Waals surface area contributed by atoms with Crippen LogP contribution < -0.4 is 14.8 Å². The molecule has 0 fully saturated rings. The molecule has 0 bridgehead atoms. The molecule has 0 unspecified atom stereocenters. The SMILES string of the molecule is COC(=O)Nc1cc2c(cc1C)OCCO2. The lowest BCUT2D eigenvalue weighted by atomic mass is 10.1. The van der Waals surface area contributed by atoms with Crippen LogP contribution in [0.25, 0.3) is 0 Å². The molecule has 0 radical (unpaired) electrons. The van der Waals surface area contributed by atoms with Crippen LogP contribution >= 0.6 is 0 Å². The van der Waals surface area contributed by atoms with Gasteiger partial charge in [-0.25, -0.2) is 4.79 Å². The average Bonchev–Trinajstić information content (AvgIpc) is 2.30. The van der Waals surface area contributed by atoms with E-state index in [0.29, 0.717) is 30.4 Å². The molecule has 1 amide bonds. The number of fused-ring (bicyclic) bond motifs is 1. The summed E-state index contributed by atoms with van der Waals surface area (Å²) >= 11 is 0. The van der Waals surface area contributed by atoms with Crippen LogP contribution in [0.5, 0.6) is 11.5 Å². The number of hydrogen-bond donors (Lipinski definition) is 1. The predicted octanol–water partition coefficient (Wildman–Crippen LogP) is 1.94. The third-order valence-electron chi connectivity index (χ3n) is 2.31. The van der Waals surface area contributed by atoms with Crippen molar-refractivity contribution in [3.63, 3.8) is 0 Å². The van der Waals surface area contributed by atoms with E-state index in [4.69, 9.17) is 9.47 Å². The topological polar surface area (TPSA) is 56.8 Å². The largest absolute Gasteiger partial charge is 0.486 e. The van der Waals surface area contributed by atoms with E-state index in [9.17, 15) is 4.79 Å². The second-order valence-electron chi connectivity index (χ2n) is 3.43. The number of amides is 1. The molecule has 0 aromatic heterocycles. The van der Waals surface area contributed by atoms with Gasteiger partial charge in [-0.2, -0.15) is 0 Å². The lowest BCUT2D eigenvalue weighted by Crippen LogP contribution is -2.17. The fraction of sp³-hybridized carbons (Fsp3) is 0.364. The predicted molar refractivity (Wildman–Crippen MR) is 58.2 cm³/mol. The van der Waals surface area contributed by atoms with Gasteiger partial charge < -0.3 is 14.2 Å². The number of methoxy groups -OCH3 is 1. The number of nitrogens with one attached hydrogen (secondary N) is 1. The van der Waals surface area contributed by atoms with Gasteiger partial charge in [-0.1, -0.05) is 0 Å². The third kappa shape index (κ3) is 2.03. The summed E-state index contributed by atoms with van der Waals surface area (Å²) in [6, 6.07) is 3.57. The highest BCUT2D eigenvalue weighted by atomic mass is 16.6. The van der Waals surface area contributed by atoms with Crippen molar-refractivity contribution in [1.82, 2.24) is 0 Å². The lowest BCUT2D eigenvalue weighted by Gasteiger charge is -2.20. The summed E-state index contributed by atoms with van der Waals surface area (Å²) in [6.45, 7) is 2.95. The Morgan fingerprint density at radius 2 is 1.94 bits per heavy atom. The van der Waals surface area contributed by atoms with E-state index in [1.807, 2.05) is 13.0 Å². The van der Waals surface area contributed by atoms with Gasteiger partial charge in [0.2, 0.25) is 0 Å². The maximum absolute atomic E-state index is 11.1. The minimum Gasteiger partial charge on any atom is -0.486 e. The van der Waals surface area contributed by atoms with Crippen molar-refractivity contribution < 1.29 is 19.0 Å². The van der Waals surface area contributed by atoms with Crippen LogP contribution in [0.2, 0.25) is 0 Å². The molecule has 1 aromatic rings. The van der Waals surface area contributed by atoms with Gasteiger partial charge in [0.05, 0.1) is 12.8 Å². The van der Waals surface area contributed by atoms with Gasteiger partial charge in [0, 0.05) is 6.07 Å². The normalized spacial score (nSPS) is 13.1. The molecule has 1 aliphatic heterocycles. The van der Waals surface area contributed by atoms with E-state index in [1.54, 1.807) is 6.07 Å². The fourth-order valence-corrected chi connectivity index (χ4v) is 1.49. The summed E-state index contributed by atoms with van der Waals surface area (Å²) in [6.07, 6.45) is -0.500. The van der Waals surface area contributed by atoms with Crippen LogP contribution in [0.1, 0.15) is 5.56 Å². The van der Waals surface area contributed by atoms with Gasteiger partial charge in [-0.15, -0.1) is 0 Å². The molecule has 1 aromatic carbocycles. The second-order valence-corrected chi connectivity index (χ2v) is 3.43. The molecule has 5 heteroatoms. The van der Waals surface area contributed by atoms with Crippen molar-refractivity contribution in [2.45, 2.75) is 6.92 Å². The van der Waals surface area contributed by atoms with Crippen molar-refractivity contribution in [3.8, 4) is 11.5 Å². The Morgan fingerprint density at radius 3 is 2.56 bits per heavy atom. The molecule has 86 valence electrons. The first-order chi connectivity index (χ1) is 7.70. The summed E-state index contributed by atoms with van der Waals surface area (Å²) in [5.41, 5.74) is 1.56. The van der Waals surface area contributed by atoms with Crippen molar-refractivity contribution in [2.24, 2.45) is 0 Å². The van der Waals surface area contributed by atoms with Gasteiger partial charge in [0.15, 0.2) is 11.5 Å². The first-order valence-electron chi connectivity index (χ1n) is 4.96. The minimum absolute atomic E-state index is 0.500. The Kier molecular flexibility index (Phi) is 2.85. The molecular formula is C11H13NO4. The summed E-state index contributed by atoms with van der Waals surface area (Å²) in [7, 11) is 1.32. The minimum atomic E-state index is -0.500. The number of carbonyl (C=O) groups excluding carboxylic acids is 1. The second kappa shape index (κ2) is 4.30. The number of hydrogen-bond acceptors (Lipinski definition) is 4. The number of benzene rings is 1. The Bertz CT molecular complexity index is 417. The summed E-state index contributed by atoms with van der Waals surface area (Å²) in [5.74, 6) is 1.35. The van der Waals surface area contributed by atoms with Gasteiger partial charge in [0.25, 0.3) is 0 Å². The van der Waals surface area contributed by atoms with Crippen LogP contribution in [-0.2, 0) is 4.74 Å². The van der Waals surface area contributed by atoms with E-state index < -0.39 is 6.09 Å². The van der Waals surface area contributed by atoms with Gasteiger partial charge in [-0.05, 0) is 18.6 Å². The monoisotopic (exact) mass is 223 g/mol. The van der Waals surface area contributed by atoms with E-state index in [2.05, 4.69) is 10.1 Å². The molecule has 0 aliphatic carbocycles. The van der Waals surface area contributed by atoms with Crippen molar-refractivity contribution >= 4 is 11.8 Å². The van der Waals surface area contributed by atoms with Crippen LogP contribution in [0.4, 0.5) is 10.5 Å². The van der Waals surface area contributed by atoms with E-state index in [1.165, 1.54) is 7.11 Å². The summed E-state index contributed by atoms with van der Waals surface area (Å²) < 4.78 is 15.4. The van der Waals surface area contributed by atoms with E-state index in [-0.39, 0.29) is 0 Å². The molecule has 0 saturated carbocycles. The highest BCUT2D eigenvalue weighted by molar-refractivity contribution is 5.86. The quantitative estimate of drug-likeness (QED) is 0.790. The smallest absolute Gasteiger partial charge is 0.411 e. The molecule has 1 N–H and O–H groups in total. The average molecular weight is 223 g/mol. The van der Waals surface area contributed by atoms with E-state index >= 15 is 0 Å². The number of anilines is 1. The van der Waals surface area contributed by atoms with Gasteiger partial charge in [0.1, 0.15) is 13.2 Å². The van der Waals surface area contributed by atoms with Crippen molar-refractivity contribution in [2.75, 3.05) is 25.6 Å². The molecule has 2 rings (SSSR count). The number of carbonyl (C=O) groups is 1. The van der Waals surface area contributed by atoms with Crippen molar-refractivity contribution in [3.05, 3.63) is 17.7 Å². The highest BCUT2D eigenvalue weighted by Gasteiger charge is 2.15. The molecule has 5 nitrogen and oxygen atoms in total. The fourth-order valence-electron chi connectivity index (χ4n) is 1.49. The maximum Gasteiger partial charge on any atom is 0.411 e. The Morgan fingerprint density at radius 1 is 1.31 bits per heavy atom. The molecule has 0 atom stereocenters. The van der Waals surface area contributed by atoms with E-state index in [0.717, 1.165) is 5.56 Å². The van der Waals surface area contributed by atoms with Gasteiger partial charge >= 0.3 is 6.09 Å².